The largest absolute Gasteiger partial charge is 0.500 e. The number of ether oxygens (including phenoxy) is 2. The summed E-state index contributed by atoms with van der Waals surface area (Å²) in [6.07, 6.45) is 1.35. The van der Waals surface area contributed by atoms with Gasteiger partial charge in [0.05, 0.1) is 23.0 Å². The zero-order chi connectivity index (χ0) is 22.5. The van der Waals surface area contributed by atoms with Gasteiger partial charge in [-0.15, -0.1) is 0 Å². The van der Waals surface area contributed by atoms with Crippen LogP contribution in [0, 0.1) is 10.1 Å². The standard InChI is InChI=1S/C20H17ClN2O7S/c1-2-29-16-10-12(9-15(18(16)24)23(27)28)11-17-19(25)22(20(26)31-17)7-8-30-14-5-3-13(21)4-6-14/h3-6,9-11,24H,2,7-8H2,1H3/b17-11-. The van der Waals surface area contributed by atoms with E-state index in [1.165, 1.54) is 12.1 Å². The van der Waals surface area contributed by atoms with Crippen LogP contribution in [0.15, 0.2) is 41.3 Å². The fourth-order valence-electron chi connectivity index (χ4n) is 2.73. The molecule has 9 nitrogen and oxygen atoms in total. The van der Waals surface area contributed by atoms with Gasteiger partial charge in [0.15, 0.2) is 5.75 Å². The highest BCUT2D eigenvalue weighted by Crippen LogP contribution is 2.39. The number of hydrogen-bond donors (Lipinski definition) is 1. The molecule has 0 spiro atoms. The highest BCUT2D eigenvalue weighted by Gasteiger charge is 2.35. The first-order chi connectivity index (χ1) is 14.8. The summed E-state index contributed by atoms with van der Waals surface area (Å²) in [6, 6.07) is 9.13. The molecule has 0 radical (unpaired) electrons. The number of carbonyl (C=O) groups excluding carboxylic acids is 2. The topological polar surface area (TPSA) is 119 Å². The quantitative estimate of drug-likeness (QED) is 0.345. The molecule has 2 amide bonds. The van der Waals surface area contributed by atoms with E-state index >= 15 is 0 Å². The van der Waals surface area contributed by atoms with Gasteiger partial charge in [0, 0.05) is 11.1 Å². The number of hydrogen-bond acceptors (Lipinski definition) is 8. The summed E-state index contributed by atoms with van der Waals surface area (Å²) in [5, 5.41) is 21.3. The van der Waals surface area contributed by atoms with E-state index in [9.17, 15) is 24.8 Å². The number of rotatable bonds is 8. The molecule has 0 unspecified atom stereocenters. The van der Waals surface area contributed by atoms with Crippen LogP contribution in [0.2, 0.25) is 5.02 Å². The van der Waals surface area contributed by atoms with Gasteiger partial charge in [-0.25, -0.2) is 0 Å². The Kier molecular flexibility index (Phi) is 7.03. The Morgan fingerprint density at radius 3 is 2.58 bits per heavy atom. The van der Waals surface area contributed by atoms with Crippen molar-refractivity contribution in [3.05, 3.63) is 62.0 Å². The Morgan fingerprint density at radius 1 is 1.23 bits per heavy atom. The van der Waals surface area contributed by atoms with Crippen molar-refractivity contribution in [1.29, 1.82) is 0 Å². The van der Waals surface area contributed by atoms with E-state index in [1.807, 2.05) is 0 Å². The van der Waals surface area contributed by atoms with Gasteiger partial charge in [-0.05, 0) is 60.7 Å². The molecule has 2 aromatic rings. The van der Waals surface area contributed by atoms with Gasteiger partial charge in [-0.3, -0.25) is 24.6 Å². The minimum atomic E-state index is -0.755. The van der Waals surface area contributed by atoms with Gasteiger partial charge in [-0.2, -0.15) is 0 Å². The lowest BCUT2D eigenvalue weighted by molar-refractivity contribution is -0.386. The predicted molar refractivity (Wildman–Crippen MR) is 116 cm³/mol. The summed E-state index contributed by atoms with van der Waals surface area (Å²) in [7, 11) is 0. The lowest BCUT2D eigenvalue weighted by Gasteiger charge is -2.13. The van der Waals surface area contributed by atoms with E-state index in [1.54, 1.807) is 31.2 Å². The van der Waals surface area contributed by atoms with Crippen molar-refractivity contribution in [2.45, 2.75) is 6.92 Å². The van der Waals surface area contributed by atoms with Gasteiger partial charge in [0.1, 0.15) is 12.4 Å². The zero-order valence-corrected chi connectivity index (χ0v) is 17.8. The van der Waals surface area contributed by atoms with Gasteiger partial charge < -0.3 is 14.6 Å². The van der Waals surface area contributed by atoms with E-state index in [-0.39, 0.29) is 36.0 Å². The van der Waals surface area contributed by atoms with Gasteiger partial charge in [-0.1, -0.05) is 11.6 Å². The number of halogens is 1. The van der Waals surface area contributed by atoms with E-state index in [4.69, 9.17) is 21.1 Å². The predicted octanol–water partition coefficient (Wildman–Crippen LogP) is 4.47. The minimum Gasteiger partial charge on any atom is -0.500 e. The maximum atomic E-state index is 12.6. The molecule has 0 atom stereocenters. The van der Waals surface area contributed by atoms with Gasteiger partial charge in [0.2, 0.25) is 5.75 Å². The summed E-state index contributed by atoms with van der Waals surface area (Å²) in [5.41, 5.74) is -0.316. The first-order valence-electron chi connectivity index (χ1n) is 9.08. The van der Waals surface area contributed by atoms with Crippen molar-refractivity contribution >= 4 is 46.3 Å². The van der Waals surface area contributed by atoms with Crippen LogP contribution < -0.4 is 9.47 Å². The van der Waals surface area contributed by atoms with Crippen LogP contribution in [0.25, 0.3) is 6.08 Å². The second kappa shape index (κ2) is 9.71. The second-order valence-corrected chi connectivity index (χ2v) is 7.64. The molecule has 0 bridgehead atoms. The molecule has 0 aliphatic carbocycles. The van der Waals surface area contributed by atoms with Crippen LogP contribution in [0.4, 0.5) is 10.5 Å². The Balaban J connectivity index is 1.75. The van der Waals surface area contributed by atoms with E-state index in [2.05, 4.69) is 0 Å². The number of thioether (sulfide) groups is 1. The first-order valence-corrected chi connectivity index (χ1v) is 10.3. The average Bonchev–Trinajstić information content (AvgIpc) is 2.99. The third-order valence-electron chi connectivity index (χ3n) is 4.14. The molecule has 31 heavy (non-hydrogen) atoms. The molecule has 0 saturated carbocycles. The number of nitro benzene ring substituents is 1. The summed E-state index contributed by atoms with van der Waals surface area (Å²) >= 11 is 6.53. The summed E-state index contributed by atoms with van der Waals surface area (Å²) < 4.78 is 10.7. The maximum absolute atomic E-state index is 12.6. The highest BCUT2D eigenvalue weighted by atomic mass is 35.5. The lowest BCUT2D eigenvalue weighted by atomic mass is 10.1. The smallest absolute Gasteiger partial charge is 0.315 e. The second-order valence-electron chi connectivity index (χ2n) is 6.21. The van der Waals surface area contributed by atoms with Crippen LogP contribution in [0.5, 0.6) is 17.2 Å². The maximum Gasteiger partial charge on any atom is 0.315 e. The molecular formula is C20H17ClN2O7S. The third kappa shape index (κ3) is 5.28. The summed E-state index contributed by atoms with van der Waals surface area (Å²) in [5.74, 6) is -0.676. The Labute approximate surface area is 186 Å². The molecule has 1 N–H and O–H groups in total. The molecule has 162 valence electrons. The Bertz CT molecular complexity index is 1060. The highest BCUT2D eigenvalue weighted by molar-refractivity contribution is 8.18. The minimum absolute atomic E-state index is 0.0323. The normalized spacial score (nSPS) is 14.9. The van der Waals surface area contributed by atoms with Crippen molar-refractivity contribution in [3.63, 3.8) is 0 Å². The Morgan fingerprint density at radius 2 is 1.94 bits per heavy atom. The van der Waals surface area contributed by atoms with Crippen molar-refractivity contribution in [2.24, 2.45) is 0 Å². The summed E-state index contributed by atoms with van der Waals surface area (Å²) in [6.45, 7) is 1.96. The number of benzene rings is 2. The number of nitro groups is 1. The van der Waals surface area contributed by atoms with Crippen LogP contribution >= 0.6 is 23.4 Å². The molecule has 11 heteroatoms. The molecule has 1 fully saturated rings. The van der Waals surface area contributed by atoms with Crippen molar-refractivity contribution in [1.82, 2.24) is 4.90 Å². The number of carbonyl (C=O) groups is 2. The van der Waals surface area contributed by atoms with Gasteiger partial charge >= 0.3 is 5.69 Å². The number of phenols is 1. The molecule has 1 aliphatic rings. The van der Waals surface area contributed by atoms with Crippen molar-refractivity contribution in [3.8, 4) is 17.2 Å². The number of imide groups is 1. The van der Waals surface area contributed by atoms with Crippen molar-refractivity contribution < 1.29 is 29.1 Å². The van der Waals surface area contributed by atoms with E-state index in [0.29, 0.717) is 22.5 Å². The number of aromatic hydroxyl groups is 1. The van der Waals surface area contributed by atoms with Gasteiger partial charge in [0.25, 0.3) is 11.1 Å². The van der Waals surface area contributed by atoms with Crippen molar-refractivity contribution in [2.75, 3.05) is 19.8 Å². The Hall–Kier alpha value is -3.24. The number of amides is 2. The third-order valence-corrected chi connectivity index (χ3v) is 5.30. The van der Waals surface area contributed by atoms with Crippen LogP contribution in [0.3, 0.4) is 0 Å². The fourth-order valence-corrected chi connectivity index (χ4v) is 3.72. The van der Waals surface area contributed by atoms with Crippen LogP contribution in [0.1, 0.15) is 12.5 Å². The molecule has 0 aromatic heterocycles. The molecular weight excluding hydrogens is 448 g/mol. The lowest BCUT2D eigenvalue weighted by Crippen LogP contribution is -2.32. The zero-order valence-electron chi connectivity index (χ0n) is 16.2. The molecule has 1 saturated heterocycles. The SMILES string of the molecule is CCOc1cc(/C=C2\SC(=O)N(CCOc3ccc(Cl)cc3)C2=O)cc([N+](=O)[O-])c1O. The summed E-state index contributed by atoms with van der Waals surface area (Å²) in [4.78, 5) is 36.5. The number of phenolic OH excluding ortho intramolecular Hbond substituents is 1. The monoisotopic (exact) mass is 464 g/mol. The molecule has 1 aliphatic heterocycles. The fraction of sp³-hybridized carbons (Fsp3) is 0.200. The van der Waals surface area contributed by atoms with Crippen LogP contribution in [-0.4, -0.2) is 45.8 Å². The first kappa shape index (κ1) is 22.4. The molecule has 3 rings (SSSR count). The number of nitrogens with zero attached hydrogens (tertiary/aromatic N) is 2. The molecule has 1 heterocycles. The average molecular weight is 465 g/mol. The molecule has 2 aromatic carbocycles. The van der Waals surface area contributed by atoms with Crippen LogP contribution in [-0.2, 0) is 4.79 Å². The van der Waals surface area contributed by atoms with E-state index in [0.717, 1.165) is 11.0 Å². The van der Waals surface area contributed by atoms with E-state index < -0.39 is 27.5 Å².